The largest absolute Gasteiger partial charge is 0.460 e. The molecule has 26 heavy (non-hydrogen) atoms. The first-order valence-electron chi connectivity index (χ1n) is 8.90. The Morgan fingerprint density at radius 2 is 1.92 bits per heavy atom. The van der Waals surface area contributed by atoms with Crippen LogP contribution in [-0.4, -0.2) is 40.1 Å². The van der Waals surface area contributed by atoms with E-state index in [0.29, 0.717) is 19.1 Å². The molecule has 0 unspecified atom stereocenters. The number of hydrogen-bond donors (Lipinski definition) is 1. The van der Waals surface area contributed by atoms with Crippen LogP contribution in [0.5, 0.6) is 6.01 Å². The first kappa shape index (κ1) is 18.1. The van der Waals surface area contributed by atoms with Gasteiger partial charge in [-0.05, 0) is 30.2 Å². The maximum atomic E-state index is 13.1. The molecule has 0 radical (unpaired) electrons. The highest BCUT2D eigenvalue weighted by Gasteiger charge is 2.25. The zero-order valence-corrected chi connectivity index (χ0v) is 14.8. The zero-order chi connectivity index (χ0) is 18.4. The first-order valence-corrected chi connectivity index (χ1v) is 8.90. The summed E-state index contributed by atoms with van der Waals surface area (Å²) in [6, 6.07) is 8.14. The van der Waals surface area contributed by atoms with Crippen LogP contribution in [0.3, 0.4) is 0 Å². The Balaban J connectivity index is 1.50. The van der Waals surface area contributed by atoms with Crippen molar-refractivity contribution in [1.29, 1.82) is 0 Å². The maximum absolute atomic E-state index is 13.1. The molecular formula is C19H23FN4O2. The number of rotatable bonds is 5. The van der Waals surface area contributed by atoms with Crippen LogP contribution >= 0.6 is 0 Å². The smallest absolute Gasteiger partial charge is 0.317 e. The summed E-state index contributed by atoms with van der Waals surface area (Å²) in [6.07, 6.45) is 5.51. The molecule has 3 rings (SSSR count). The molecule has 138 valence electrons. The van der Waals surface area contributed by atoms with Crippen LogP contribution in [0.15, 0.2) is 42.7 Å². The van der Waals surface area contributed by atoms with Crippen LogP contribution in [0.1, 0.15) is 37.8 Å². The van der Waals surface area contributed by atoms with E-state index in [-0.39, 0.29) is 24.0 Å². The predicted molar refractivity (Wildman–Crippen MR) is 95.2 cm³/mol. The third-order valence-electron chi connectivity index (χ3n) is 4.52. The highest BCUT2D eigenvalue weighted by Crippen LogP contribution is 2.19. The van der Waals surface area contributed by atoms with Crippen molar-refractivity contribution in [3.05, 3.63) is 54.1 Å². The summed E-state index contributed by atoms with van der Waals surface area (Å²) >= 11 is 0. The summed E-state index contributed by atoms with van der Waals surface area (Å²) < 4.78 is 18.8. The van der Waals surface area contributed by atoms with Gasteiger partial charge in [-0.1, -0.05) is 19.1 Å². The second kappa shape index (κ2) is 8.60. The normalized spacial score (nSPS) is 16.2. The highest BCUT2D eigenvalue weighted by atomic mass is 19.1. The molecule has 1 saturated heterocycles. The van der Waals surface area contributed by atoms with Gasteiger partial charge in [0.2, 0.25) is 0 Å². The fourth-order valence-corrected chi connectivity index (χ4v) is 3.03. The average molecular weight is 358 g/mol. The summed E-state index contributed by atoms with van der Waals surface area (Å²) in [7, 11) is 0. The fourth-order valence-electron chi connectivity index (χ4n) is 3.03. The lowest BCUT2D eigenvalue weighted by Crippen LogP contribution is -2.47. The van der Waals surface area contributed by atoms with Gasteiger partial charge in [-0.2, -0.15) is 0 Å². The van der Waals surface area contributed by atoms with Crippen molar-refractivity contribution in [2.75, 3.05) is 13.1 Å². The fraction of sp³-hybridized carbons (Fsp3) is 0.421. The van der Waals surface area contributed by atoms with E-state index in [0.717, 1.165) is 24.8 Å². The minimum absolute atomic E-state index is 0.0144. The number of likely N-dealkylation sites (tertiary alicyclic amines) is 1. The quantitative estimate of drug-likeness (QED) is 0.890. The molecule has 1 aromatic heterocycles. The topological polar surface area (TPSA) is 67.4 Å². The van der Waals surface area contributed by atoms with E-state index < -0.39 is 0 Å². The molecule has 1 aliphatic heterocycles. The van der Waals surface area contributed by atoms with Crippen LogP contribution in [0.4, 0.5) is 9.18 Å². The van der Waals surface area contributed by atoms with Crippen molar-refractivity contribution in [3.8, 4) is 6.01 Å². The van der Waals surface area contributed by atoms with Crippen molar-refractivity contribution in [1.82, 2.24) is 20.2 Å². The molecule has 1 aromatic carbocycles. The van der Waals surface area contributed by atoms with E-state index in [1.807, 2.05) is 6.92 Å². The van der Waals surface area contributed by atoms with Gasteiger partial charge in [0.15, 0.2) is 0 Å². The Labute approximate surface area is 152 Å². The molecule has 1 atom stereocenters. The number of hydrogen-bond acceptors (Lipinski definition) is 4. The molecule has 7 heteroatoms. The lowest BCUT2D eigenvalue weighted by molar-refractivity contribution is 0.102. The predicted octanol–water partition coefficient (Wildman–Crippen LogP) is 3.32. The van der Waals surface area contributed by atoms with E-state index in [2.05, 4.69) is 15.3 Å². The van der Waals surface area contributed by atoms with Crippen molar-refractivity contribution >= 4 is 6.03 Å². The average Bonchev–Trinajstić information content (AvgIpc) is 2.68. The Morgan fingerprint density at radius 1 is 1.27 bits per heavy atom. The molecule has 1 aliphatic rings. The zero-order valence-electron chi connectivity index (χ0n) is 14.8. The molecule has 6 nitrogen and oxygen atoms in total. The monoisotopic (exact) mass is 358 g/mol. The molecule has 2 aromatic rings. The summed E-state index contributed by atoms with van der Waals surface area (Å²) in [4.78, 5) is 22.5. The van der Waals surface area contributed by atoms with Crippen molar-refractivity contribution in [3.63, 3.8) is 0 Å². The maximum Gasteiger partial charge on any atom is 0.317 e. The number of benzene rings is 1. The molecule has 1 N–H and O–H groups in total. The molecule has 2 heterocycles. The second-order valence-corrected chi connectivity index (χ2v) is 6.30. The lowest BCUT2D eigenvalue weighted by atomic mass is 10.0. The van der Waals surface area contributed by atoms with E-state index in [4.69, 9.17) is 4.74 Å². The number of halogens is 1. The van der Waals surface area contributed by atoms with Crippen LogP contribution in [-0.2, 0) is 0 Å². The van der Waals surface area contributed by atoms with E-state index >= 15 is 0 Å². The van der Waals surface area contributed by atoms with Gasteiger partial charge in [-0.15, -0.1) is 0 Å². The number of amides is 2. The Kier molecular flexibility index (Phi) is 5.99. The van der Waals surface area contributed by atoms with Crippen molar-refractivity contribution in [2.45, 2.75) is 38.3 Å². The van der Waals surface area contributed by atoms with E-state index in [9.17, 15) is 9.18 Å². The number of ether oxygens (including phenoxy) is 1. The number of aromatic nitrogens is 2. The Morgan fingerprint density at radius 3 is 2.54 bits per heavy atom. The van der Waals surface area contributed by atoms with Gasteiger partial charge in [-0.25, -0.2) is 19.2 Å². The Hall–Kier alpha value is -2.70. The summed E-state index contributed by atoms with van der Waals surface area (Å²) in [5.41, 5.74) is 0.904. The molecule has 0 bridgehead atoms. The van der Waals surface area contributed by atoms with E-state index in [1.54, 1.807) is 35.5 Å². The number of nitrogens with zero attached hydrogens (tertiary/aromatic N) is 3. The first-order chi connectivity index (χ1) is 12.7. The number of urea groups is 1. The SMILES string of the molecule is CC[C@@H](NC(=O)N1CCC(Oc2ncccn2)CC1)c1ccc(F)cc1. The second-order valence-electron chi connectivity index (χ2n) is 6.30. The highest BCUT2D eigenvalue weighted by molar-refractivity contribution is 5.74. The van der Waals surface area contributed by atoms with E-state index in [1.165, 1.54) is 12.1 Å². The number of nitrogens with one attached hydrogen (secondary N) is 1. The van der Waals surface area contributed by atoms with Crippen molar-refractivity contribution in [2.24, 2.45) is 0 Å². The van der Waals surface area contributed by atoms with Crippen LogP contribution in [0.2, 0.25) is 0 Å². The van der Waals surface area contributed by atoms with Crippen LogP contribution < -0.4 is 10.1 Å². The standard InChI is InChI=1S/C19H23FN4O2/c1-2-17(14-4-6-15(20)7-5-14)23-19(25)24-12-8-16(9-13-24)26-18-21-10-3-11-22-18/h3-7,10-11,16-17H,2,8-9,12-13H2,1H3,(H,23,25)/t17-/m1/s1. The van der Waals surface area contributed by atoms with Gasteiger partial charge >= 0.3 is 12.0 Å². The summed E-state index contributed by atoms with van der Waals surface area (Å²) in [5, 5.41) is 3.04. The minimum atomic E-state index is -0.278. The number of carbonyl (C=O) groups excluding carboxylic acids is 1. The van der Waals surface area contributed by atoms with Gasteiger partial charge in [0.25, 0.3) is 0 Å². The van der Waals surface area contributed by atoms with Crippen molar-refractivity contribution < 1.29 is 13.9 Å². The number of piperidine rings is 1. The third kappa shape index (κ3) is 4.68. The van der Waals surface area contributed by atoms with Crippen LogP contribution in [0.25, 0.3) is 0 Å². The third-order valence-corrected chi connectivity index (χ3v) is 4.52. The van der Waals surface area contributed by atoms with Gasteiger partial charge in [0, 0.05) is 38.3 Å². The molecule has 1 fully saturated rings. The van der Waals surface area contributed by atoms with Crippen LogP contribution in [0, 0.1) is 5.82 Å². The number of carbonyl (C=O) groups is 1. The summed E-state index contributed by atoms with van der Waals surface area (Å²) in [6.45, 7) is 3.22. The minimum Gasteiger partial charge on any atom is -0.460 e. The molecule has 2 amide bonds. The Bertz CT molecular complexity index is 703. The lowest BCUT2D eigenvalue weighted by Gasteiger charge is -2.33. The molecule has 0 aliphatic carbocycles. The van der Waals surface area contributed by atoms with Gasteiger partial charge in [0.05, 0.1) is 6.04 Å². The molecule has 0 spiro atoms. The molecule has 0 saturated carbocycles. The van der Waals surface area contributed by atoms with Gasteiger partial charge in [-0.3, -0.25) is 0 Å². The van der Waals surface area contributed by atoms with Gasteiger partial charge < -0.3 is 15.0 Å². The van der Waals surface area contributed by atoms with Gasteiger partial charge in [0.1, 0.15) is 11.9 Å². The summed E-state index contributed by atoms with van der Waals surface area (Å²) in [5.74, 6) is -0.278. The molecular weight excluding hydrogens is 335 g/mol.